The van der Waals surface area contributed by atoms with Gasteiger partial charge in [-0.05, 0) is 24.0 Å². The largest absolute Gasteiger partial charge is 0.454 e. The Morgan fingerprint density at radius 2 is 1.70 bits per heavy atom. The van der Waals surface area contributed by atoms with E-state index in [2.05, 4.69) is 16.0 Å². The van der Waals surface area contributed by atoms with Crippen LogP contribution in [-0.2, 0) is 39.9 Å². The van der Waals surface area contributed by atoms with Gasteiger partial charge in [-0.25, -0.2) is 9.59 Å². The summed E-state index contributed by atoms with van der Waals surface area (Å²) in [5.41, 5.74) is 1.40. The van der Waals surface area contributed by atoms with Gasteiger partial charge in [-0.3, -0.25) is 9.59 Å². The van der Waals surface area contributed by atoms with E-state index in [9.17, 15) is 19.2 Å². The number of aliphatic hydroxyl groups excluding tert-OH is 1. The van der Waals surface area contributed by atoms with Gasteiger partial charge >= 0.3 is 12.1 Å². The fraction of sp³-hybridized carbons (Fsp3) is 0.438. The zero-order valence-electron chi connectivity index (χ0n) is 24.8. The van der Waals surface area contributed by atoms with Gasteiger partial charge < -0.3 is 40.0 Å². The van der Waals surface area contributed by atoms with E-state index in [1.54, 1.807) is 36.4 Å². The number of ether oxygens (including phenoxy) is 4. The Balaban J connectivity index is 1.80. The first-order valence-electron chi connectivity index (χ1n) is 14.5. The van der Waals surface area contributed by atoms with Gasteiger partial charge in [-0.2, -0.15) is 0 Å². The highest BCUT2D eigenvalue weighted by Gasteiger charge is 2.34. The highest BCUT2D eigenvalue weighted by Crippen LogP contribution is 2.25. The van der Waals surface area contributed by atoms with E-state index < -0.39 is 42.1 Å². The number of amides is 3. The zero-order valence-corrected chi connectivity index (χ0v) is 24.8. The molecule has 2 aromatic carbocycles. The number of alkyl carbamates (subject to hydrolysis) is 1. The fourth-order valence-electron chi connectivity index (χ4n) is 4.54. The highest BCUT2D eigenvalue weighted by molar-refractivity contribution is 5.86. The van der Waals surface area contributed by atoms with Gasteiger partial charge in [-0.1, -0.05) is 72.8 Å². The van der Waals surface area contributed by atoms with Gasteiger partial charge in [0.05, 0.1) is 38.4 Å². The number of hydrogen-bond donors (Lipinski definition) is 4. The molecule has 238 valence electrons. The molecule has 0 aromatic heterocycles. The van der Waals surface area contributed by atoms with Crippen molar-refractivity contribution in [2.45, 2.75) is 44.1 Å². The molecule has 4 N–H and O–H groups in total. The summed E-state index contributed by atoms with van der Waals surface area (Å²) in [5.74, 6) is -2.19. The van der Waals surface area contributed by atoms with Crippen LogP contribution in [0.1, 0.15) is 36.5 Å². The van der Waals surface area contributed by atoms with Crippen molar-refractivity contribution in [3.8, 4) is 0 Å². The molecule has 3 amide bonds. The number of aliphatic hydroxyl groups is 1. The maximum absolute atomic E-state index is 13.5. The third-order valence-electron chi connectivity index (χ3n) is 6.77. The van der Waals surface area contributed by atoms with Crippen LogP contribution < -0.4 is 16.0 Å². The molecule has 12 nitrogen and oxygen atoms in total. The first-order chi connectivity index (χ1) is 21.4. The second-order valence-electron chi connectivity index (χ2n) is 10.1. The Bertz CT molecular complexity index is 1210. The van der Waals surface area contributed by atoms with Crippen LogP contribution in [0.25, 0.3) is 0 Å². The quantitative estimate of drug-likeness (QED) is 0.151. The lowest BCUT2D eigenvalue weighted by Crippen LogP contribution is -2.49. The van der Waals surface area contributed by atoms with Crippen molar-refractivity contribution >= 4 is 23.9 Å². The molecule has 0 bridgehead atoms. The molecule has 3 rings (SSSR count). The summed E-state index contributed by atoms with van der Waals surface area (Å²) < 4.78 is 21.8. The number of nitrogens with one attached hydrogen (secondary N) is 3. The third kappa shape index (κ3) is 11.8. The molecule has 0 saturated heterocycles. The summed E-state index contributed by atoms with van der Waals surface area (Å²) in [6, 6.07) is 16.2. The van der Waals surface area contributed by atoms with Crippen LogP contribution in [0.2, 0.25) is 0 Å². The Morgan fingerprint density at radius 3 is 2.41 bits per heavy atom. The minimum Gasteiger partial charge on any atom is -0.454 e. The molecule has 1 aliphatic heterocycles. The van der Waals surface area contributed by atoms with Gasteiger partial charge in [0.2, 0.25) is 11.8 Å². The van der Waals surface area contributed by atoms with E-state index >= 15 is 0 Å². The topological polar surface area (TPSA) is 162 Å². The number of cyclic esters (lactones) is 1. The first-order valence-corrected chi connectivity index (χ1v) is 14.5. The summed E-state index contributed by atoms with van der Waals surface area (Å²) in [6.07, 6.45) is 1.79. The SMILES string of the molecule is COCC1NC(=O)C(CC(=O)NCCOCCO)CC=CCC(NC(=O)OCc2ccccc2)C(=O)OC1c1ccccc1. The average Bonchev–Trinajstić information content (AvgIpc) is 3.03. The maximum Gasteiger partial charge on any atom is 0.408 e. The van der Waals surface area contributed by atoms with Gasteiger partial charge in [0.15, 0.2) is 0 Å². The zero-order chi connectivity index (χ0) is 31.6. The standard InChI is InChI=1S/C32H41N3O9/c1-41-22-27-29(24-12-6-3-7-13-24)44-31(39)26(35-32(40)43-21-23-10-4-2-5-11-23)15-9-8-14-25(30(38)34-27)20-28(37)33-16-18-42-19-17-36/h2-13,25-27,29,36H,14-22H2,1H3,(H,33,37)(H,34,38)(H,35,40). The van der Waals surface area contributed by atoms with Crippen molar-refractivity contribution in [1.29, 1.82) is 0 Å². The van der Waals surface area contributed by atoms with Crippen molar-refractivity contribution in [1.82, 2.24) is 16.0 Å². The lowest BCUT2D eigenvalue weighted by Gasteiger charge is -2.31. The summed E-state index contributed by atoms with van der Waals surface area (Å²) in [6.45, 7) is 0.541. The van der Waals surface area contributed by atoms with E-state index in [-0.39, 0.29) is 64.7 Å². The van der Waals surface area contributed by atoms with Gasteiger partial charge in [0.25, 0.3) is 0 Å². The molecule has 0 aliphatic carbocycles. The van der Waals surface area contributed by atoms with Crippen LogP contribution in [0.3, 0.4) is 0 Å². The molecular formula is C32H41N3O9. The number of carbonyl (C=O) groups excluding carboxylic acids is 4. The van der Waals surface area contributed by atoms with Crippen molar-refractivity contribution in [3.63, 3.8) is 0 Å². The van der Waals surface area contributed by atoms with Crippen LogP contribution in [0, 0.1) is 5.92 Å². The summed E-state index contributed by atoms with van der Waals surface area (Å²) in [7, 11) is 1.46. The van der Waals surface area contributed by atoms with Gasteiger partial charge in [-0.15, -0.1) is 0 Å². The molecule has 1 aliphatic rings. The third-order valence-corrected chi connectivity index (χ3v) is 6.77. The van der Waals surface area contributed by atoms with E-state index in [0.717, 1.165) is 5.56 Å². The first kappa shape index (κ1) is 34.2. The van der Waals surface area contributed by atoms with E-state index in [1.165, 1.54) is 7.11 Å². The molecule has 0 spiro atoms. The van der Waals surface area contributed by atoms with E-state index in [4.69, 9.17) is 24.1 Å². The molecule has 44 heavy (non-hydrogen) atoms. The van der Waals surface area contributed by atoms with Gasteiger partial charge in [0, 0.05) is 20.1 Å². The highest BCUT2D eigenvalue weighted by atomic mass is 16.6. The summed E-state index contributed by atoms with van der Waals surface area (Å²) in [4.78, 5) is 52.3. The molecule has 0 saturated carbocycles. The molecule has 12 heteroatoms. The number of rotatable bonds is 13. The van der Waals surface area contributed by atoms with Crippen LogP contribution in [-0.4, -0.2) is 81.1 Å². The lowest BCUT2D eigenvalue weighted by atomic mass is 9.96. The lowest BCUT2D eigenvalue weighted by molar-refractivity contribution is -0.155. The average molecular weight is 612 g/mol. The van der Waals surface area contributed by atoms with Crippen LogP contribution >= 0.6 is 0 Å². The Kier molecular flexibility index (Phi) is 14.9. The molecule has 1 heterocycles. The minimum absolute atomic E-state index is 0.00669. The molecule has 4 unspecified atom stereocenters. The molecule has 0 fully saturated rings. The predicted molar refractivity (Wildman–Crippen MR) is 160 cm³/mol. The van der Waals surface area contributed by atoms with E-state index in [1.807, 2.05) is 36.4 Å². The molecular weight excluding hydrogens is 570 g/mol. The van der Waals surface area contributed by atoms with Crippen molar-refractivity contribution in [2.24, 2.45) is 5.92 Å². The number of allylic oxidation sites excluding steroid dienone is 1. The number of esters is 1. The number of carbonyl (C=O) groups is 4. The number of benzene rings is 2. The van der Waals surface area contributed by atoms with Gasteiger partial charge in [0.1, 0.15) is 18.8 Å². The van der Waals surface area contributed by atoms with Crippen molar-refractivity contribution in [2.75, 3.05) is 40.1 Å². The summed E-state index contributed by atoms with van der Waals surface area (Å²) in [5, 5.41) is 17.1. The van der Waals surface area contributed by atoms with Crippen LogP contribution in [0.4, 0.5) is 4.79 Å². The number of hydrogen-bond acceptors (Lipinski definition) is 9. The monoisotopic (exact) mass is 611 g/mol. The Morgan fingerprint density at radius 1 is 1.00 bits per heavy atom. The Labute approximate surface area is 257 Å². The molecule has 0 radical (unpaired) electrons. The normalized spacial score (nSPS) is 20.8. The second kappa shape index (κ2) is 19.1. The predicted octanol–water partition coefficient (Wildman–Crippen LogP) is 2.18. The van der Waals surface area contributed by atoms with Crippen LogP contribution in [0.5, 0.6) is 0 Å². The Hall–Kier alpha value is -4.26. The van der Waals surface area contributed by atoms with Crippen molar-refractivity contribution in [3.05, 3.63) is 83.9 Å². The van der Waals surface area contributed by atoms with E-state index in [0.29, 0.717) is 5.56 Å². The maximum atomic E-state index is 13.5. The smallest absolute Gasteiger partial charge is 0.408 e. The second-order valence-corrected chi connectivity index (χ2v) is 10.1. The fourth-order valence-corrected chi connectivity index (χ4v) is 4.54. The number of methoxy groups -OCH3 is 1. The minimum atomic E-state index is -1.08. The molecule has 4 atom stereocenters. The molecule has 2 aromatic rings. The summed E-state index contributed by atoms with van der Waals surface area (Å²) >= 11 is 0. The van der Waals surface area contributed by atoms with Crippen LogP contribution in [0.15, 0.2) is 72.8 Å². The van der Waals surface area contributed by atoms with Crippen molar-refractivity contribution < 1.29 is 43.2 Å².